The first-order valence-electron chi connectivity index (χ1n) is 6.93. The zero-order valence-corrected chi connectivity index (χ0v) is 12.5. The van der Waals surface area contributed by atoms with Crippen LogP contribution < -0.4 is 10.5 Å². The molecule has 2 N–H and O–H groups in total. The lowest BCUT2D eigenvalue weighted by atomic mass is 10.0. The fraction of sp³-hybridized carbons (Fsp3) is 0.294. The number of fused-ring (bicyclic) bond motifs is 1. The molecule has 2 aromatic carbocycles. The average Bonchev–Trinajstić information content (AvgIpc) is 2.93. The molecule has 3 rings (SSSR count). The van der Waals surface area contributed by atoms with E-state index in [1.165, 1.54) is 21.6 Å². The molecular weight excluding hydrogens is 266 g/mol. The van der Waals surface area contributed by atoms with Gasteiger partial charge in [-0.3, -0.25) is 0 Å². The highest BCUT2D eigenvalue weighted by atomic mass is 32.2. The summed E-state index contributed by atoms with van der Waals surface area (Å²) in [5.74, 6) is 1.91. The molecule has 0 aromatic heterocycles. The minimum Gasteiger partial charge on any atom is -0.493 e. The van der Waals surface area contributed by atoms with Gasteiger partial charge in [-0.2, -0.15) is 0 Å². The minimum atomic E-state index is 0.0622. The van der Waals surface area contributed by atoms with Crippen LogP contribution in [0.3, 0.4) is 0 Å². The number of aryl methyl sites for hydroxylation is 1. The zero-order valence-electron chi connectivity index (χ0n) is 11.6. The molecule has 1 aliphatic rings. The summed E-state index contributed by atoms with van der Waals surface area (Å²) in [6.45, 7) is 2.90. The first-order chi connectivity index (χ1) is 9.72. The summed E-state index contributed by atoms with van der Waals surface area (Å²) < 4.78 is 5.53. The van der Waals surface area contributed by atoms with Gasteiger partial charge < -0.3 is 10.5 Å². The molecule has 0 bridgehead atoms. The number of ether oxygens (including phenoxy) is 1. The van der Waals surface area contributed by atoms with Crippen LogP contribution in [-0.2, 0) is 6.42 Å². The number of thioether (sulfide) groups is 1. The van der Waals surface area contributed by atoms with Gasteiger partial charge in [0, 0.05) is 23.1 Å². The van der Waals surface area contributed by atoms with Crippen molar-refractivity contribution in [3.63, 3.8) is 0 Å². The maximum absolute atomic E-state index is 6.31. The number of benzene rings is 2. The van der Waals surface area contributed by atoms with Crippen molar-refractivity contribution < 1.29 is 4.74 Å². The Bertz CT molecular complexity index is 594. The van der Waals surface area contributed by atoms with Crippen molar-refractivity contribution in [2.75, 3.05) is 12.4 Å². The molecular formula is C17H19NOS. The van der Waals surface area contributed by atoms with Crippen molar-refractivity contribution in [3.05, 3.63) is 59.2 Å². The van der Waals surface area contributed by atoms with Gasteiger partial charge in [0.1, 0.15) is 5.75 Å². The number of rotatable bonds is 4. The summed E-state index contributed by atoms with van der Waals surface area (Å²) in [5.41, 5.74) is 10.1. The Labute approximate surface area is 124 Å². The molecule has 1 heterocycles. The minimum absolute atomic E-state index is 0.0622. The fourth-order valence-electron chi connectivity index (χ4n) is 2.35. The second kappa shape index (κ2) is 5.90. The Kier molecular flexibility index (Phi) is 3.99. The van der Waals surface area contributed by atoms with Crippen molar-refractivity contribution >= 4 is 11.8 Å². The molecule has 0 saturated carbocycles. The molecule has 0 amide bonds. The first kappa shape index (κ1) is 13.5. The third-order valence-corrected chi connectivity index (χ3v) is 4.72. The molecule has 1 atom stereocenters. The van der Waals surface area contributed by atoms with E-state index in [9.17, 15) is 0 Å². The van der Waals surface area contributed by atoms with Gasteiger partial charge in [-0.05, 0) is 36.2 Å². The van der Waals surface area contributed by atoms with Crippen LogP contribution in [0.15, 0.2) is 47.4 Å². The Morgan fingerprint density at radius 1 is 1.20 bits per heavy atom. The number of nitrogens with two attached hydrogens (primary N) is 1. The molecule has 0 fully saturated rings. The smallest absolute Gasteiger partial charge is 0.122 e. The van der Waals surface area contributed by atoms with Crippen molar-refractivity contribution in [1.82, 2.24) is 0 Å². The molecule has 2 aromatic rings. The third-order valence-electron chi connectivity index (χ3n) is 3.59. The van der Waals surface area contributed by atoms with Crippen LogP contribution in [0, 0.1) is 6.92 Å². The standard InChI is InChI=1S/C17H19NOS/c1-12-2-5-15(6-3-12)20-11-16(18)13-4-7-17-14(10-13)8-9-19-17/h2-7,10,16H,8-9,11,18H2,1H3. The van der Waals surface area contributed by atoms with Crippen LogP contribution in [0.25, 0.3) is 0 Å². The lowest BCUT2D eigenvalue weighted by Crippen LogP contribution is -2.13. The number of hydrogen-bond donors (Lipinski definition) is 1. The van der Waals surface area contributed by atoms with Crippen molar-refractivity contribution in [2.24, 2.45) is 5.73 Å². The van der Waals surface area contributed by atoms with Gasteiger partial charge in [0.2, 0.25) is 0 Å². The lowest BCUT2D eigenvalue weighted by molar-refractivity contribution is 0.357. The Morgan fingerprint density at radius 3 is 2.80 bits per heavy atom. The van der Waals surface area contributed by atoms with Crippen LogP contribution in [0.4, 0.5) is 0 Å². The number of hydrogen-bond acceptors (Lipinski definition) is 3. The van der Waals surface area contributed by atoms with E-state index in [2.05, 4.69) is 43.3 Å². The molecule has 0 aliphatic carbocycles. The predicted molar refractivity (Wildman–Crippen MR) is 84.5 cm³/mol. The molecule has 20 heavy (non-hydrogen) atoms. The second-order valence-corrected chi connectivity index (χ2v) is 6.29. The Balaban J connectivity index is 1.64. The van der Waals surface area contributed by atoms with Gasteiger partial charge in [0.25, 0.3) is 0 Å². The third kappa shape index (κ3) is 3.00. The lowest BCUT2D eigenvalue weighted by Gasteiger charge is -2.13. The van der Waals surface area contributed by atoms with E-state index in [1.807, 2.05) is 17.8 Å². The molecule has 3 heteroatoms. The van der Waals surface area contributed by atoms with Crippen LogP contribution in [0.2, 0.25) is 0 Å². The Morgan fingerprint density at radius 2 is 2.00 bits per heavy atom. The monoisotopic (exact) mass is 285 g/mol. The van der Waals surface area contributed by atoms with Crippen LogP contribution in [-0.4, -0.2) is 12.4 Å². The highest BCUT2D eigenvalue weighted by molar-refractivity contribution is 7.99. The fourth-order valence-corrected chi connectivity index (χ4v) is 3.25. The SMILES string of the molecule is Cc1ccc(SCC(N)c2ccc3c(c2)CCO3)cc1. The maximum Gasteiger partial charge on any atom is 0.122 e. The van der Waals surface area contributed by atoms with E-state index in [1.54, 1.807) is 0 Å². The summed E-state index contributed by atoms with van der Waals surface area (Å²) in [4.78, 5) is 1.27. The van der Waals surface area contributed by atoms with Gasteiger partial charge in [-0.1, -0.05) is 29.8 Å². The summed E-state index contributed by atoms with van der Waals surface area (Å²) in [6, 6.07) is 15.0. The van der Waals surface area contributed by atoms with Gasteiger partial charge in [0.15, 0.2) is 0 Å². The molecule has 2 nitrogen and oxygen atoms in total. The normalized spacial score (nSPS) is 14.7. The molecule has 0 spiro atoms. The van der Waals surface area contributed by atoms with Crippen LogP contribution in [0.1, 0.15) is 22.7 Å². The molecule has 0 radical (unpaired) electrons. The van der Waals surface area contributed by atoms with Crippen molar-refractivity contribution in [2.45, 2.75) is 24.3 Å². The van der Waals surface area contributed by atoms with Crippen molar-refractivity contribution in [1.29, 1.82) is 0 Å². The zero-order chi connectivity index (χ0) is 13.9. The first-order valence-corrected chi connectivity index (χ1v) is 7.91. The van der Waals surface area contributed by atoms with E-state index in [-0.39, 0.29) is 6.04 Å². The maximum atomic E-state index is 6.31. The van der Waals surface area contributed by atoms with Crippen LogP contribution >= 0.6 is 11.8 Å². The summed E-state index contributed by atoms with van der Waals surface area (Å²) in [5, 5.41) is 0. The predicted octanol–water partition coefficient (Wildman–Crippen LogP) is 3.72. The summed E-state index contributed by atoms with van der Waals surface area (Å²) in [7, 11) is 0. The van der Waals surface area contributed by atoms with Gasteiger partial charge in [0.05, 0.1) is 6.61 Å². The topological polar surface area (TPSA) is 35.2 Å². The van der Waals surface area contributed by atoms with E-state index < -0.39 is 0 Å². The summed E-state index contributed by atoms with van der Waals surface area (Å²) in [6.07, 6.45) is 1.00. The van der Waals surface area contributed by atoms with Gasteiger partial charge >= 0.3 is 0 Å². The summed E-state index contributed by atoms with van der Waals surface area (Å²) >= 11 is 1.81. The highest BCUT2D eigenvalue weighted by Gasteiger charge is 2.14. The molecule has 1 aliphatic heterocycles. The second-order valence-electron chi connectivity index (χ2n) is 5.20. The highest BCUT2D eigenvalue weighted by Crippen LogP contribution is 2.29. The molecule has 0 saturated heterocycles. The average molecular weight is 285 g/mol. The molecule has 104 valence electrons. The van der Waals surface area contributed by atoms with E-state index in [4.69, 9.17) is 10.5 Å². The van der Waals surface area contributed by atoms with E-state index >= 15 is 0 Å². The van der Waals surface area contributed by atoms with Crippen molar-refractivity contribution in [3.8, 4) is 5.75 Å². The quantitative estimate of drug-likeness (QED) is 0.870. The van der Waals surface area contributed by atoms with Gasteiger partial charge in [-0.15, -0.1) is 11.8 Å². The Hall–Kier alpha value is -1.45. The largest absolute Gasteiger partial charge is 0.493 e. The van der Waals surface area contributed by atoms with Crippen LogP contribution in [0.5, 0.6) is 5.75 Å². The van der Waals surface area contributed by atoms with E-state index in [0.717, 1.165) is 24.5 Å². The van der Waals surface area contributed by atoms with Gasteiger partial charge in [-0.25, -0.2) is 0 Å². The molecule has 1 unspecified atom stereocenters. The van der Waals surface area contributed by atoms with E-state index in [0.29, 0.717) is 0 Å².